The van der Waals surface area contributed by atoms with Crippen molar-refractivity contribution >= 4 is 5.84 Å². The number of ether oxygens (including phenoxy) is 2. The van der Waals surface area contributed by atoms with E-state index < -0.39 is 22.2 Å². The van der Waals surface area contributed by atoms with E-state index in [-0.39, 0.29) is 5.84 Å². The lowest BCUT2D eigenvalue weighted by Gasteiger charge is -2.33. The minimum atomic E-state index is -1.50. The molecule has 1 saturated carbocycles. The molecule has 6 heteroatoms. The lowest BCUT2D eigenvalue weighted by molar-refractivity contribution is -0.237. The van der Waals surface area contributed by atoms with Gasteiger partial charge >= 0.3 is 0 Å². The van der Waals surface area contributed by atoms with Gasteiger partial charge in [0.05, 0.1) is 12.1 Å². The third kappa shape index (κ3) is 1.61. The second-order valence-corrected chi connectivity index (χ2v) is 6.50. The molecular formula is C17H26N4O2. The maximum Gasteiger partial charge on any atom is 0.292 e. The number of methoxy groups -OCH3 is 2. The van der Waals surface area contributed by atoms with Crippen molar-refractivity contribution in [1.29, 1.82) is 10.5 Å². The molecule has 2 rings (SSSR count). The van der Waals surface area contributed by atoms with Gasteiger partial charge in [-0.2, -0.15) is 10.5 Å². The summed E-state index contributed by atoms with van der Waals surface area (Å²) in [5, 5.41) is 20.1. The SMILES string of the molecule is CCCCC1(CCCC)[C@]2(C#N)C(OC)(OC)N=C(N)[C@]12C#N. The normalized spacial score (nSPS) is 32.5. The molecule has 0 aromatic rings. The third-order valence-electron chi connectivity index (χ3n) is 5.86. The van der Waals surface area contributed by atoms with Gasteiger partial charge in [0.15, 0.2) is 5.41 Å². The maximum absolute atomic E-state index is 10.1. The average molecular weight is 318 g/mol. The molecule has 2 aliphatic rings. The van der Waals surface area contributed by atoms with Gasteiger partial charge in [0.25, 0.3) is 5.91 Å². The molecule has 1 heterocycles. The molecule has 1 aliphatic heterocycles. The number of nitrogens with zero attached hydrogens (tertiary/aromatic N) is 3. The fourth-order valence-corrected chi connectivity index (χ4v) is 4.82. The summed E-state index contributed by atoms with van der Waals surface area (Å²) in [7, 11) is 2.91. The van der Waals surface area contributed by atoms with E-state index in [1.54, 1.807) is 0 Å². The summed E-state index contributed by atoms with van der Waals surface area (Å²) in [6.07, 6.45) is 5.31. The molecule has 6 nitrogen and oxygen atoms in total. The van der Waals surface area contributed by atoms with Crippen LogP contribution in [-0.2, 0) is 9.47 Å². The summed E-state index contributed by atoms with van der Waals surface area (Å²) in [6, 6.07) is 4.72. The zero-order chi connectivity index (χ0) is 17.4. The monoisotopic (exact) mass is 318 g/mol. The van der Waals surface area contributed by atoms with Crippen LogP contribution in [0, 0.1) is 38.9 Å². The number of amidine groups is 1. The summed E-state index contributed by atoms with van der Waals surface area (Å²) < 4.78 is 11.1. The average Bonchev–Trinajstić information content (AvgIpc) is 3.03. The van der Waals surface area contributed by atoms with Gasteiger partial charge in [0.2, 0.25) is 0 Å². The van der Waals surface area contributed by atoms with Crippen molar-refractivity contribution in [1.82, 2.24) is 0 Å². The van der Waals surface area contributed by atoms with Gasteiger partial charge in [-0.1, -0.05) is 39.5 Å². The number of unbranched alkanes of at least 4 members (excludes halogenated alkanes) is 2. The topological polar surface area (TPSA) is 104 Å². The minimum absolute atomic E-state index is 0.178. The Bertz CT molecular complexity index is 576. The molecule has 1 fully saturated rings. The van der Waals surface area contributed by atoms with Gasteiger partial charge in [-0.25, -0.2) is 4.99 Å². The molecule has 0 amide bonds. The third-order valence-corrected chi connectivity index (χ3v) is 5.86. The molecule has 0 saturated heterocycles. The van der Waals surface area contributed by atoms with E-state index in [4.69, 9.17) is 15.2 Å². The first-order chi connectivity index (χ1) is 11.0. The largest absolute Gasteiger partial charge is 0.386 e. The van der Waals surface area contributed by atoms with Crippen LogP contribution in [0.2, 0.25) is 0 Å². The number of nitrogens with two attached hydrogens (primary N) is 1. The van der Waals surface area contributed by atoms with E-state index >= 15 is 0 Å². The molecule has 2 N–H and O–H groups in total. The van der Waals surface area contributed by atoms with E-state index in [0.29, 0.717) is 0 Å². The Morgan fingerprint density at radius 3 is 1.91 bits per heavy atom. The van der Waals surface area contributed by atoms with Crippen molar-refractivity contribution in [3.05, 3.63) is 0 Å². The fourth-order valence-electron chi connectivity index (χ4n) is 4.82. The lowest BCUT2D eigenvalue weighted by atomic mass is 9.80. The van der Waals surface area contributed by atoms with Crippen LogP contribution in [-0.4, -0.2) is 26.0 Å². The Morgan fingerprint density at radius 2 is 1.57 bits per heavy atom. The number of fused-ring (bicyclic) bond motifs is 1. The fraction of sp³-hybridized carbons (Fsp3) is 0.824. The molecule has 0 bridgehead atoms. The summed E-state index contributed by atoms with van der Waals surface area (Å²) >= 11 is 0. The first-order valence-corrected chi connectivity index (χ1v) is 8.28. The lowest BCUT2D eigenvalue weighted by Crippen LogP contribution is -2.44. The maximum atomic E-state index is 10.1. The second kappa shape index (κ2) is 5.78. The minimum Gasteiger partial charge on any atom is -0.386 e. The summed E-state index contributed by atoms with van der Waals surface area (Å²) in [5.41, 5.74) is 3.33. The molecule has 0 unspecified atom stereocenters. The van der Waals surface area contributed by atoms with Gasteiger partial charge in [-0.05, 0) is 12.8 Å². The molecule has 0 aromatic heterocycles. The van der Waals surface area contributed by atoms with E-state index in [1.165, 1.54) is 14.2 Å². The van der Waals surface area contributed by atoms with E-state index in [2.05, 4.69) is 31.0 Å². The van der Waals surface area contributed by atoms with Crippen molar-refractivity contribution in [2.24, 2.45) is 27.0 Å². The van der Waals surface area contributed by atoms with Crippen LogP contribution in [0.15, 0.2) is 4.99 Å². The van der Waals surface area contributed by atoms with Gasteiger partial charge in [-0.3, -0.25) is 0 Å². The molecule has 2 atom stereocenters. The Kier molecular flexibility index (Phi) is 4.45. The second-order valence-electron chi connectivity index (χ2n) is 6.50. The molecular weight excluding hydrogens is 292 g/mol. The quantitative estimate of drug-likeness (QED) is 0.693. The number of nitriles is 2. The van der Waals surface area contributed by atoms with Gasteiger partial charge in [0.1, 0.15) is 11.3 Å². The van der Waals surface area contributed by atoms with Crippen LogP contribution >= 0.6 is 0 Å². The zero-order valence-electron chi connectivity index (χ0n) is 14.5. The van der Waals surface area contributed by atoms with Crippen molar-refractivity contribution in [2.45, 2.75) is 58.3 Å². The number of hydrogen-bond acceptors (Lipinski definition) is 6. The van der Waals surface area contributed by atoms with Crippen molar-refractivity contribution in [2.75, 3.05) is 14.2 Å². The smallest absolute Gasteiger partial charge is 0.292 e. The van der Waals surface area contributed by atoms with E-state index in [9.17, 15) is 10.5 Å². The van der Waals surface area contributed by atoms with E-state index in [1.807, 2.05) is 0 Å². The van der Waals surface area contributed by atoms with Crippen LogP contribution < -0.4 is 5.73 Å². The predicted octanol–water partition coefficient (Wildman–Crippen LogP) is 2.70. The molecule has 23 heavy (non-hydrogen) atoms. The predicted molar refractivity (Wildman–Crippen MR) is 85.9 cm³/mol. The first-order valence-electron chi connectivity index (χ1n) is 8.28. The Hall–Kier alpha value is -1.63. The van der Waals surface area contributed by atoms with E-state index in [0.717, 1.165) is 38.5 Å². The summed E-state index contributed by atoms with van der Waals surface area (Å²) in [4.78, 5) is 4.29. The van der Waals surface area contributed by atoms with Crippen LogP contribution in [0.1, 0.15) is 52.4 Å². The highest BCUT2D eigenvalue weighted by Crippen LogP contribution is 2.88. The Labute approximate surface area is 138 Å². The molecule has 0 spiro atoms. The number of hydrogen-bond donors (Lipinski definition) is 1. The van der Waals surface area contributed by atoms with Crippen LogP contribution in [0.5, 0.6) is 0 Å². The summed E-state index contributed by atoms with van der Waals surface area (Å²) in [5.74, 6) is -1.32. The Morgan fingerprint density at radius 1 is 1.04 bits per heavy atom. The molecule has 0 radical (unpaired) electrons. The highest BCUT2D eigenvalue weighted by Gasteiger charge is 2.99. The number of aliphatic imine (C=N–C) groups is 1. The highest BCUT2D eigenvalue weighted by atomic mass is 16.7. The highest BCUT2D eigenvalue weighted by molar-refractivity contribution is 6.00. The standard InChI is InChI=1S/C17H26N4O2/c1-5-7-9-14(10-8-6-2)15(11-18)13(20)21-17(22-3,23-4)16(14,15)12-19/h5-10H2,1-4H3,(H2,20,21)/t15-,16+/m1/s1. The zero-order valence-corrected chi connectivity index (χ0v) is 14.5. The van der Waals surface area contributed by atoms with Crippen molar-refractivity contribution in [3.8, 4) is 12.1 Å². The molecule has 0 aromatic carbocycles. The van der Waals surface area contributed by atoms with Crippen LogP contribution in [0.3, 0.4) is 0 Å². The van der Waals surface area contributed by atoms with Crippen molar-refractivity contribution in [3.63, 3.8) is 0 Å². The molecule has 1 aliphatic carbocycles. The summed E-state index contributed by atoms with van der Waals surface area (Å²) in [6.45, 7) is 4.20. The van der Waals surface area contributed by atoms with Crippen molar-refractivity contribution < 1.29 is 9.47 Å². The van der Waals surface area contributed by atoms with Gasteiger partial charge < -0.3 is 15.2 Å². The van der Waals surface area contributed by atoms with Gasteiger partial charge in [-0.15, -0.1) is 0 Å². The number of rotatable bonds is 8. The van der Waals surface area contributed by atoms with Gasteiger partial charge in [0, 0.05) is 19.6 Å². The Balaban J connectivity index is 2.67. The molecule has 126 valence electrons. The first kappa shape index (κ1) is 17.7. The van der Waals surface area contributed by atoms with Crippen LogP contribution in [0.4, 0.5) is 0 Å². The van der Waals surface area contributed by atoms with Crippen LogP contribution in [0.25, 0.3) is 0 Å².